The first-order valence-corrected chi connectivity index (χ1v) is 8.85. The Morgan fingerprint density at radius 1 is 1.44 bits per heavy atom. The van der Waals surface area contributed by atoms with Crippen molar-refractivity contribution in [3.8, 4) is 0 Å². The average molecular weight is 337 g/mol. The Hall–Kier alpha value is -2.56. The van der Waals surface area contributed by atoms with Gasteiger partial charge in [0.2, 0.25) is 0 Å². The van der Waals surface area contributed by atoms with E-state index in [9.17, 15) is 9.90 Å². The summed E-state index contributed by atoms with van der Waals surface area (Å²) in [5.41, 5.74) is 4.95. The molecule has 2 heterocycles. The summed E-state index contributed by atoms with van der Waals surface area (Å²) < 4.78 is 0. The van der Waals surface area contributed by atoms with Crippen LogP contribution in [0, 0.1) is 5.92 Å². The van der Waals surface area contributed by atoms with Crippen LogP contribution < -0.4 is 0 Å². The van der Waals surface area contributed by atoms with Crippen LogP contribution in [-0.2, 0) is 0 Å². The van der Waals surface area contributed by atoms with Crippen molar-refractivity contribution >= 4 is 16.9 Å². The summed E-state index contributed by atoms with van der Waals surface area (Å²) >= 11 is 0. The number of rotatable bonds is 2. The molecule has 25 heavy (non-hydrogen) atoms. The number of piperidine rings is 1. The third-order valence-corrected chi connectivity index (χ3v) is 5.48. The van der Waals surface area contributed by atoms with E-state index in [0.29, 0.717) is 17.2 Å². The summed E-state index contributed by atoms with van der Waals surface area (Å²) in [5.74, 6) is 0.745. The van der Waals surface area contributed by atoms with Gasteiger partial charge in [0.15, 0.2) is 0 Å². The topological polar surface area (TPSA) is 69.2 Å². The first kappa shape index (κ1) is 15.9. The normalized spacial score (nSPS) is 24.1. The van der Waals surface area contributed by atoms with Gasteiger partial charge in [-0.15, -0.1) is 0 Å². The number of nitrogens with zero attached hydrogens (tertiary/aromatic N) is 2. The Kier molecular flexibility index (Phi) is 3.86. The van der Waals surface area contributed by atoms with Crippen molar-refractivity contribution in [2.24, 2.45) is 5.92 Å². The van der Waals surface area contributed by atoms with Gasteiger partial charge in [-0.2, -0.15) is 0 Å². The minimum Gasteiger partial charge on any atom is -0.513 e. The molecule has 0 spiro atoms. The van der Waals surface area contributed by atoms with Crippen LogP contribution in [0.5, 0.6) is 0 Å². The number of fused-ring (bicyclic) bond motifs is 2. The molecule has 1 saturated heterocycles. The lowest BCUT2D eigenvalue weighted by Gasteiger charge is -2.38. The second-order valence-electron chi connectivity index (χ2n) is 7.17. The van der Waals surface area contributed by atoms with E-state index in [1.807, 2.05) is 29.2 Å². The number of nitrogens with one attached hydrogen (secondary N) is 1. The Morgan fingerprint density at radius 3 is 3.08 bits per heavy atom. The van der Waals surface area contributed by atoms with Crippen molar-refractivity contribution in [2.75, 3.05) is 6.54 Å². The molecule has 1 amide bonds. The Balaban J connectivity index is 1.62. The molecule has 5 nitrogen and oxygen atoms in total. The van der Waals surface area contributed by atoms with E-state index in [1.54, 1.807) is 13.3 Å². The highest BCUT2D eigenvalue weighted by Gasteiger charge is 2.40. The van der Waals surface area contributed by atoms with Gasteiger partial charge in [-0.25, -0.2) is 4.98 Å². The third kappa shape index (κ3) is 2.73. The maximum absolute atomic E-state index is 13.1. The number of H-pyrrole nitrogens is 1. The SMILES string of the molecule is CC1=C(/C=C(\C)O)[C@H]2CCCN(C(=O)c3ccc4[nH]cnc4c3)[C@H]2C1. The zero-order valence-corrected chi connectivity index (χ0v) is 14.6. The molecule has 0 radical (unpaired) electrons. The van der Waals surface area contributed by atoms with E-state index in [-0.39, 0.29) is 11.9 Å². The summed E-state index contributed by atoms with van der Waals surface area (Å²) in [5, 5.41) is 9.69. The molecular weight excluding hydrogens is 314 g/mol. The molecule has 2 N–H and O–H groups in total. The van der Waals surface area contributed by atoms with E-state index in [0.717, 1.165) is 36.8 Å². The van der Waals surface area contributed by atoms with Gasteiger partial charge in [0.1, 0.15) is 0 Å². The van der Waals surface area contributed by atoms with E-state index in [4.69, 9.17) is 0 Å². The zero-order valence-electron chi connectivity index (χ0n) is 14.6. The first-order chi connectivity index (χ1) is 12.0. The molecule has 1 aromatic carbocycles. The number of allylic oxidation sites excluding steroid dienone is 2. The van der Waals surface area contributed by atoms with Crippen molar-refractivity contribution in [1.29, 1.82) is 0 Å². The van der Waals surface area contributed by atoms with Crippen LogP contribution in [0.4, 0.5) is 0 Å². The fourth-order valence-corrected chi connectivity index (χ4v) is 4.36. The van der Waals surface area contributed by atoms with Gasteiger partial charge >= 0.3 is 0 Å². The number of likely N-dealkylation sites (tertiary alicyclic amines) is 1. The molecule has 5 heteroatoms. The van der Waals surface area contributed by atoms with Gasteiger partial charge in [-0.05, 0) is 63.0 Å². The van der Waals surface area contributed by atoms with Crippen molar-refractivity contribution < 1.29 is 9.90 Å². The fourth-order valence-electron chi connectivity index (χ4n) is 4.36. The summed E-state index contributed by atoms with van der Waals surface area (Å²) in [7, 11) is 0. The van der Waals surface area contributed by atoms with Crippen molar-refractivity contribution in [3.63, 3.8) is 0 Å². The smallest absolute Gasteiger partial charge is 0.254 e. The highest BCUT2D eigenvalue weighted by Crippen LogP contribution is 2.42. The number of aromatic amines is 1. The van der Waals surface area contributed by atoms with Crippen LogP contribution in [0.15, 0.2) is 47.5 Å². The lowest BCUT2D eigenvalue weighted by atomic mass is 9.86. The average Bonchev–Trinajstić information content (AvgIpc) is 3.18. The predicted molar refractivity (Wildman–Crippen MR) is 97.3 cm³/mol. The molecule has 4 rings (SSSR count). The number of benzene rings is 1. The molecular formula is C20H23N3O2. The molecule has 2 aromatic rings. The lowest BCUT2D eigenvalue weighted by Crippen LogP contribution is -2.47. The van der Waals surface area contributed by atoms with Crippen LogP contribution >= 0.6 is 0 Å². The summed E-state index contributed by atoms with van der Waals surface area (Å²) in [6.45, 7) is 4.62. The van der Waals surface area contributed by atoms with Gasteiger partial charge in [0, 0.05) is 24.1 Å². The number of hydrogen-bond donors (Lipinski definition) is 2. The Bertz CT molecular complexity index is 889. The number of aromatic nitrogens is 2. The van der Waals surface area contributed by atoms with Gasteiger partial charge in [0.05, 0.1) is 23.1 Å². The van der Waals surface area contributed by atoms with Crippen LogP contribution in [0.3, 0.4) is 0 Å². The predicted octanol–water partition coefficient (Wildman–Crippen LogP) is 3.97. The van der Waals surface area contributed by atoms with Gasteiger partial charge in [0.25, 0.3) is 5.91 Å². The number of carbonyl (C=O) groups excluding carboxylic acids is 1. The lowest BCUT2D eigenvalue weighted by molar-refractivity contribution is 0.0564. The van der Waals surface area contributed by atoms with E-state index in [2.05, 4.69) is 16.9 Å². The van der Waals surface area contributed by atoms with Crippen molar-refractivity contribution in [3.05, 3.63) is 53.1 Å². The largest absolute Gasteiger partial charge is 0.513 e. The molecule has 2 atom stereocenters. The van der Waals surface area contributed by atoms with Crippen LogP contribution in [-0.4, -0.2) is 38.5 Å². The van der Waals surface area contributed by atoms with Gasteiger partial charge in [-0.1, -0.05) is 5.57 Å². The molecule has 2 aliphatic rings. The third-order valence-electron chi connectivity index (χ3n) is 5.48. The minimum absolute atomic E-state index is 0.0818. The van der Waals surface area contributed by atoms with Crippen LogP contribution in [0.2, 0.25) is 0 Å². The minimum atomic E-state index is 0.0818. The molecule has 1 aliphatic carbocycles. The second kappa shape index (κ2) is 6.06. The summed E-state index contributed by atoms with van der Waals surface area (Å²) in [6, 6.07) is 5.85. The monoisotopic (exact) mass is 337 g/mol. The number of hydrogen-bond acceptors (Lipinski definition) is 3. The summed E-state index contributed by atoms with van der Waals surface area (Å²) in [6.07, 6.45) is 6.48. The molecule has 1 fully saturated rings. The Labute approximate surface area is 147 Å². The van der Waals surface area contributed by atoms with E-state index in [1.165, 1.54) is 11.1 Å². The standard InChI is InChI=1S/C20H23N3O2/c1-12-8-19-15(16(12)9-13(2)24)4-3-7-23(19)20(25)14-5-6-17-18(10-14)22-11-21-17/h5-6,9-11,15,19,24H,3-4,7-8H2,1-2H3,(H,21,22)/b13-9+/t15-,19+/m1/s1. The van der Waals surface area contributed by atoms with Gasteiger partial charge in [-0.3, -0.25) is 4.79 Å². The number of amides is 1. The zero-order chi connectivity index (χ0) is 17.6. The highest BCUT2D eigenvalue weighted by molar-refractivity contribution is 5.97. The first-order valence-electron chi connectivity index (χ1n) is 8.85. The number of aliphatic hydroxyl groups is 1. The molecule has 0 saturated carbocycles. The second-order valence-corrected chi connectivity index (χ2v) is 7.17. The molecule has 130 valence electrons. The molecule has 1 aromatic heterocycles. The maximum atomic E-state index is 13.1. The van der Waals surface area contributed by atoms with Crippen molar-refractivity contribution in [2.45, 2.75) is 39.2 Å². The van der Waals surface area contributed by atoms with E-state index >= 15 is 0 Å². The number of aliphatic hydroxyl groups excluding tert-OH is 1. The maximum Gasteiger partial charge on any atom is 0.254 e. The van der Waals surface area contributed by atoms with Crippen LogP contribution in [0.25, 0.3) is 11.0 Å². The molecule has 0 bridgehead atoms. The summed E-state index contributed by atoms with van der Waals surface area (Å²) in [4.78, 5) is 22.5. The Morgan fingerprint density at radius 2 is 2.28 bits per heavy atom. The van der Waals surface area contributed by atoms with Gasteiger partial charge < -0.3 is 15.0 Å². The quantitative estimate of drug-likeness (QED) is 0.815. The molecule has 1 aliphatic heterocycles. The van der Waals surface area contributed by atoms with E-state index < -0.39 is 0 Å². The highest BCUT2D eigenvalue weighted by atomic mass is 16.3. The number of imidazole rings is 1. The fraction of sp³-hybridized carbons (Fsp3) is 0.400. The van der Waals surface area contributed by atoms with Crippen molar-refractivity contribution in [1.82, 2.24) is 14.9 Å². The number of carbonyl (C=O) groups is 1. The van der Waals surface area contributed by atoms with Crippen LogP contribution in [0.1, 0.15) is 43.5 Å². The molecule has 0 unspecified atom stereocenters.